The highest BCUT2D eigenvalue weighted by Crippen LogP contribution is 2.30. The molecule has 22 heavy (non-hydrogen) atoms. The van der Waals surface area contributed by atoms with Gasteiger partial charge in [-0.2, -0.15) is 5.21 Å². The Balaban J connectivity index is 2.15. The number of aromatic amines is 2. The summed E-state index contributed by atoms with van der Waals surface area (Å²) in [5, 5.41) is 41.8. The van der Waals surface area contributed by atoms with Crippen LogP contribution in [-0.4, -0.2) is 70.4 Å². The molecule has 12 nitrogen and oxygen atoms in total. The van der Waals surface area contributed by atoms with Crippen LogP contribution in [-0.2, 0) is 4.74 Å². The molecule has 0 aliphatic carbocycles. The second-order valence-corrected chi connectivity index (χ2v) is 4.66. The maximum atomic E-state index is 12.1. The van der Waals surface area contributed by atoms with E-state index < -0.39 is 42.4 Å². The zero-order chi connectivity index (χ0) is 15.9. The lowest BCUT2D eigenvalue weighted by Gasteiger charge is -2.19. The molecule has 1 aliphatic rings. The SMILES string of the molecule is O=c1cc(-c2nn[nH]n2)n([C@@H]2O[C@H](CO)[C@@H](O)[C@H]2O)c(=O)[nH]1. The number of aromatic nitrogens is 6. The largest absolute Gasteiger partial charge is 0.394 e. The van der Waals surface area contributed by atoms with E-state index in [1.807, 2.05) is 4.98 Å². The van der Waals surface area contributed by atoms with E-state index in [2.05, 4.69) is 20.6 Å². The van der Waals surface area contributed by atoms with Gasteiger partial charge in [0.05, 0.1) is 6.61 Å². The fourth-order valence-corrected chi connectivity index (χ4v) is 2.29. The molecule has 5 N–H and O–H groups in total. The predicted molar refractivity (Wildman–Crippen MR) is 67.5 cm³/mol. The summed E-state index contributed by atoms with van der Waals surface area (Å²) in [6.45, 7) is -0.551. The molecule has 1 fully saturated rings. The van der Waals surface area contributed by atoms with E-state index in [1.54, 1.807) is 0 Å². The molecular formula is C10H12N6O6. The highest BCUT2D eigenvalue weighted by molar-refractivity contribution is 5.47. The molecule has 4 atom stereocenters. The first kappa shape index (κ1) is 14.5. The number of aliphatic hydroxyl groups excluding tert-OH is 3. The monoisotopic (exact) mass is 312 g/mol. The number of aliphatic hydroxyl groups is 3. The quantitative estimate of drug-likeness (QED) is 0.381. The maximum absolute atomic E-state index is 12.1. The van der Waals surface area contributed by atoms with E-state index in [9.17, 15) is 19.8 Å². The fourth-order valence-electron chi connectivity index (χ4n) is 2.29. The summed E-state index contributed by atoms with van der Waals surface area (Å²) in [4.78, 5) is 25.6. The van der Waals surface area contributed by atoms with Crippen LogP contribution in [0.3, 0.4) is 0 Å². The van der Waals surface area contributed by atoms with Crippen LogP contribution in [0.25, 0.3) is 11.5 Å². The Labute approximate surface area is 121 Å². The predicted octanol–water partition coefficient (Wildman–Crippen LogP) is -3.67. The van der Waals surface area contributed by atoms with Crippen LogP contribution in [0.2, 0.25) is 0 Å². The van der Waals surface area contributed by atoms with Crippen molar-refractivity contribution < 1.29 is 20.1 Å². The van der Waals surface area contributed by atoms with Crippen LogP contribution in [0.1, 0.15) is 6.23 Å². The lowest BCUT2D eigenvalue weighted by molar-refractivity contribution is -0.0542. The van der Waals surface area contributed by atoms with E-state index in [0.29, 0.717) is 0 Å². The molecule has 3 rings (SSSR count). The van der Waals surface area contributed by atoms with Gasteiger partial charge in [-0.25, -0.2) is 4.79 Å². The number of H-pyrrole nitrogens is 2. The number of nitrogens with one attached hydrogen (secondary N) is 2. The van der Waals surface area contributed by atoms with Crippen LogP contribution >= 0.6 is 0 Å². The maximum Gasteiger partial charge on any atom is 0.331 e. The minimum Gasteiger partial charge on any atom is -0.394 e. The van der Waals surface area contributed by atoms with Gasteiger partial charge in [-0.15, -0.1) is 10.2 Å². The molecule has 0 unspecified atom stereocenters. The van der Waals surface area contributed by atoms with Gasteiger partial charge in [0, 0.05) is 6.07 Å². The highest BCUT2D eigenvalue weighted by Gasteiger charge is 2.44. The standard InChI is InChI=1S/C10H12N6O6/c17-2-4-6(19)7(20)9(22-4)16-3(8-12-14-15-13-8)1-5(18)11-10(16)21/h1,4,6-7,9,17,19-20H,2H2,(H,11,18,21)(H,12,13,14,15)/t4-,6-,7-,9-/m1/s1. The van der Waals surface area contributed by atoms with Crippen molar-refractivity contribution in [3.05, 3.63) is 26.9 Å². The lowest BCUT2D eigenvalue weighted by atomic mass is 10.1. The molecule has 0 saturated carbocycles. The van der Waals surface area contributed by atoms with Crippen molar-refractivity contribution in [3.63, 3.8) is 0 Å². The third kappa shape index (κ3) is 2.23. The summed E-state index contributed by atoms with van der Waals surface area (Å²) in [7, 11) is 0. The molecule has 0 bridgehead atoms. The van der Waals surface area contributed by atoms with Crippen molar-refractivity contribution in [3.8, 4) is 11.5 Å². The summed E-state index contributed by atoms with van der Waals surface area (Å²) in [6.07, 6.45) is -5.29. The first-order chi connectivity index (χ1) is 10.5. The molecule has 0 aromatic carbocycles. The Morgan fingerprint density at radius 3 is 2.68 bits per heavy atom. The number of rotatable bonds is 3. The molecular weight excluding hydrogens is 300 g/mol. The summed E-state index contributed by atoms with van der Waals surface area (Å²) >= 11 is 0. The molecule has 0 radical (unpaired) electrons. The van der Waals surface area contributed by atoms with Gasteiger partial charge in [-0.1, -0.05) is 0 Å². The first-order valence-corrected chi connectivity index (χ1v) is 6.25. The Bertz CT molecular complexity index is 769. The lowest BCUT2D eigenvalue weighted by Crippen LogP contribution is -2.39. The molecule has 0 amide bonds. The summed E-state index contributed by atoms with van der Waals surface area (Å²) < 4.78 is 6.17. The molecule has 12 heteroatoms. The molecule has 2 aromatic rings. The van der Waals surface area contributed by atoms with Crippen molar-refractivity contribution >= 4 is 0 Å². The number of hydrogen-bond acceptors (Lipinski definition) is 9. The van der Waals surface area contributed by atoms with Crippen LogP contribution in [0.15, 0.2) is 15.7 Å². The third-order valence-corrected chi connectivity index (χ3v) is 3.32. The van der Waals surface area contributed by atoms with Gasteiger partial charge in [0.25, 0.3) is 5.56 Å². The average Bonchev–Trinajstić information content (AvgIpc) is 3.09. The number of tetrazole rings is 1. The Hall–Kier alpha value is -2.41. The molecule has 2 aromatic heterocycles. The molecule has 1 aliphatic heterocycles. The second kappa shape index (κ2) is 5.42. The number of ether oxygens (including phenoxy) is 1. The Morgan fingerprint density at radius 2 is 2.09 bits per heavy atom. The molecule has 0 spiro atoms. The third-order valence-electron chi connectivity index (χ3n) is 3.32. The Kier molecular flexibility index (Phi) is 3.58. The van der Waals surface area contributed by atoms with Crippen LogP contribution in [0, 0.1) is 0 Å². The van der Waals surface area contributed by atoms with Crippen molar-refractivity contribution in [2.24, 2.45) is 0 Å². The minimum absolute atomic E-state index is 0.0580. The van der Waals surface area contributed by atoms with Gasteiger partial charge in [0.15, 0.2) is 6.23 Å². The topological polar surface area (TPSA) is 179 Å². The van der Waals surface area contributed by atoms with Crippen LogP contribution in [0.5, 0.6) is 0 Å². The van der Waals surface area contributed by atoms with Gasteiger partial charge in [-0.05, 0) is 5.21 Å². The van der Waals surface area contributed by atoms with Crippen molar-refractivity contribution in [2.75, 3.05) is 6.61 Å². The number of hydrogen-bond donors (Lipinski definition) is 5. The van der Waals surface area contributed by atoms with Gasteiger partial charge in [0.1, 0.15) is 24.0 Å². The van der Waals surface area contributed by atoms with Gasteiger partial charge in [0.2, 0.25) is 5.82 Å². The average molecular weight is 312 g/mol. The number of nitrogens with zero attached hydrogens (tertiary/aromatic N) is 4. The van der Waals surface area contributed by atoms with Gasteiger partial charge in [-0.3, -0.25) is 14.3 Å². The van der Waals surface area contributed by atoms with E-state index in [1.165, 1.54) is 0 Å². The fraction of sp³-hybridized carbons (Fsp3) is 0.500. The zero-order valence-corrected chi connectivity index (χ0v) is 10.9. The smallest absolute Gasteiger partial charge is 0.331 e. The van der Waals surface area contributed by atoms with E-state index in [4.69, 9.17) is 9.84 Å². The Morgan fingerprint density at radius 1 is 1.32 bits per heavy atom. The van der Waals surface area contributed by atoms with Crippen LogP contribution < -0.4 is 11.2 Å². The van der Waals surface area contributed by atoms with E-state index >= 15 is 0 Å². The van der Waals surface area contributed by atoms with E-state index in [-0.39, 0.29) is 11.5 Å². The van der Waals surface area contributed by atoms with Crippen LogP contribution in [0.4, 0.5) is 0 Å². The first-order valence-electron chi connectivity index (χ1n) is 6.25. The van der Waals surface area contributed by atoms with E-state index in [0.717, 1.165) is 10.6 Å². The van der Waals surface area contributed by atoms with Crippen molar-refractivity contribution in [1.29, 1.82) is 0 Å². The zero-order valence-electron chi connectivity index (χ0n) is 10.9. The summed E-state index contributed by atoms with van der Waals surface area (Å²) in [6, 6.07) is 1.03. The molecule has 1 saturated heterocycles. The molecule has 118 valence electrons. The van der Waals surface area contributed by atoms with Gasteiger partial charge >= 0.3 is 5.69 Å². The van der Waals surface area contributed by atoms with Gasteiger partial charge < -0.3 is 20.1 Å². The summed E-state index contributed by atoms with van der Waals surface area (Å²) in [5.74, 6) is -0.0686. The highest BCUT2D eigenvalue weighted by atomic mass is 16.6. The second-order valence-electron chi connectivity index (χ2n) is 4.66. The summed E-state index contributed by atoms with van der Waals surface area (Å²) in [5.41, 5.74) is -1.65. The normalized spacial score (nSPS) is 28.1. The van der Waals surface area contributed by atoms with Crippen molar-refractivity contribution in [2.45, 2.75) is 24.5 Å². The molecule has 3 heterocycles. The minimum atomic E-state index is -1.49. The van der Waals surface area contributed by atoms with Crippen molar-refractivity contribution in [1.82, 2.24) is 30.2 Å².